The van der Waals surface area contributed by atoms with Crippen molar-refractivity contribution in [3.8, 4) is 5.69 Å². The van der Waals surface area contributed by atoms with Crippen LogP contribution in [0.2, 0.25) is 0 Å². The number of halogens is 1. The molecule has 0 spiro atoms. The summed E-state index contributed by atoms with van der Waals surface area (Å²) in [7, 11) is 0. The number of carbonyl (C=O) groups excluding carboxylic acids is 1. The fraction of sp³-hybridized carbons (Fsp3) is 0.105. The monoisotopic (exact) mass is 444 g/mol. The fourth-order valence-electron chi connectivity index (χ4n) is 2.62. The Morgan fingerprint density at radius 1 is 1.20 bits per heavy atom. The molecule has 2 aromatic heterocycles. The molecule has 3 rings (SSSR count). The highest BCUT2D eigenvalue weighted by molar-refractivity contribution is 14.1. The molecule has 0 saturated carbocycles. The Labute approximate surface area is 159 Å². The smallest absolute Gasteiger partial charge is 0.289 e. The first-order valence-electron chi connectivity index (χ1n) is 7.75. The average molecular weight is 444 g/mol. The summed E-state index contributed by atoms with van der Waals surface area (Å²) in [6.45, 7) is 4.08. The third-order valence-corrected chi connectivity index (χ3v) is 4.54. The lowest BCUT2D eigenvalue weighted by Crippen LogP contribution is -2.18. The number of pyridine rings is 1. The first kappa shape index (κ1) is 17.3. The molecule has 0 aliphatic rings. The molecule has 0 bridgehead atoms. The number of aromatic nitrogens is 2. The van der Waals surface area contributed by atoms with Crippen LogP contribution < -0.4 is 5.43 Å². The maximum absolute atomic E-state index is 12.0. The Bertz CT molecular complexity index is 915. The van der Waals surface area contributed by atoms with Gasteiger partial charge in [-0.3, -0.25) is 9.78 Å². The van der Waals surface area contributed by atoms with E-state index in [0.29, 0.717) is 5.69 Å². The predicted octanol–water partition coefficient (Wildman–Crippen LogP) is 3.86. The van der Waals surface area contributed by atoms with Gasteiger partial charge in [-0.25, -0.2) is 5.43 Å². The number of amides is 1. The Hall–Kier alpha value is -2.48. The summed E-state index contributed by atoms with van der Waals surface area (Å²) >= 11 is 2.29. The van der Waals surface area contributed by atoms with Gasteiger partial charge < -0.3 is 4.57 Å². The topological polar surface area (TPSA) is 59.3 Å². The minimum atomic E-state index is -0.330. The molecule has 0 aliphatic heterocycles. The molecular formula is C19H17IN4O. The third-order valence-electron chi connectivity index (χ3n) is 3.82. The van der Waals surface area contributed by atoms with Gasteiger partial charge in [-0.15, -0.1) is 0 Å². The van der Waals surface area contributed by atoms with Crippen molar-refractivity contribution in [2.75, 3.05) is 0 Å². The van der Waals surface area contributed by atoms with Gasteiger partial charge in [0, 0.05) is 32.4 Å². The van der Waals surface area contributed by atoms with Gasteiger partial charge in [0.1, 0.15) is 5.69 Å². The van der Waals surface area contributed by atoms with E-state index in [-0.39, 0.29) is 5.91 Å². The van der Waals surface area contributed by atoms with Crippen molar-refractivity contribution in [2.45, 2.75) is 13.8 Å². The summed E-state index contributed by atoms with van der Waals surface area (Å²) in [5, 5.41) is 4.06. The molecule has 25 heavy (non-hydrogen) atoms. The van der Waals surface area contributed by atoms with E-state index in [9.17, 15) is 4.79 Å². The molecule has 0 atom stereocenters. The minimum absolute atomic E-state index is 0.330. The van der Waals surface area contributed by atoms with Crippen LogP contribution in [0.3, 0.4) is 0 Å². The van der Waals surface area contributed by atoms with Gasteiger partial charge in [-0.05, 0) is 78.9 Å². The number of rotatable bonds is 4. The Balaban J connectivity index is 1.79. The van der Waals surface area contributed by atoms with Crippen molar-refractivity contribution in [3.05, 3.63) is 80.9 Å². The van der Waals surface area contributed by atoms with Gasteiger partial charge in [-0.2, -0.15) is 5.10 Å². The molecule has 0 saturated heterocycles. The van der Waals surface area contributed by atoms with Gasteiger partial charge in [-0.1, -0.05) is 6.07 Å². The molecule has 0 radical (unpaired) electrons. The van der Waals surface area contributed by atoms with Gasteiger partial charge in [0.05, 0.1) is 6.21 Å². The summed E-state index contributed by atoms with van der Waals surface area (Å²) in [4.78, 5) is 15.9. The number of benzene rings is 1. The van der Waals surface area contributed by atoms with E-state index in [1.807, 2.05) is 13.0 Å². The van der Waals surface area contributed by atoms with Crippen LogP contribution >= 0.6 is 22.6 Å². The van der Waals surface area contributed by atoms with Gasteiger partial charge in [0.25, 0.3) is 5.91 Å². The van der Waals surface area contributed by atoms with Crippen LogP contribution in [0.1, 0.15) is 27.4 Å². The van der Waals surface area contributed by atoms with E-state index >= 15 is 0 Å². The number of aryl methyl sites for hydroxylation is 1. The van der Waals surface area contributed by atoms with Crippen LogP contribution in [0.15, 0.2) is 59.8 Å². The highest BCUT2D eigenvalue weighted by Crippen LogP contribution is 2.20. The lowest BCUT2D eigenvalue weighted by atomic mass is 10.2. The summed E-state index contributed by atoms with van der Waals surface area (Å²) in [5.41, 5.74) is 7.08. The van der Waals surface area contributed by atoms with Gasteiger partial charge in [0.15, 0.2) is 0 Å². The predicted molar refractivity (Wildman–Crippen MR) is 107 cm³/mol. The zero-order chi connectivity index (χ0) is 17.8. The second-order valence-corrected chi connectivity index (χ2v) is 6.80. The number of nitrogens with zero attached hydrogens (tertiary/aromatic N) is 3. The van der Waals surface area contributed by atoms with Crippen LogP contribution in [0.25, 0.3) is 5.69 Å². The summed E-state index contributed by atoms with van der Waals surface area (Å²) in [6.07, 6.45) is 3.24. The molecular weight excluding hydrogens is 427 g/mol. The van der Waals surface area contributed by atoms with Crippen molar-refractivity contribution < 1.29 is 4.79 Å². The van der Waals surface area contributed by atoms with Crippen LogP contribution in [0.4, 0.5) is 0 Å². The molecule has 126 valence electrons. The van der Waals surface area contributed by atoms with E-state index in [2.05, 4.69) is 73.9 Å². The zero-order valence-corrected chi connectivity index (χ0v) is 16.1. The molecule has 3 aromatic rings. The highest BCUT2D eigenvalue weighted by atomic mass is 127. The van der Waals surface area contributed by atoms with Crippen molar-refractivity contribution in [3.63, 3.8) is 0 Å². The summed E-state index contributed by atoms with van der Waals surface area (Å²) < 4.78 is 3.36. The Morgan fingerprint density at radius 3 is 2.64 bits per heavy atom. The quantitative estimate of drug-likeness (QED) is 0.378. The van der Waals surface area contributed by atoms with Gasteiger partial charge in [0.2, 0.25) is 0 Å². The standard InChI is InChI=1S/C19H17IN4O/c1-13-11-15(12-22-23-19(25)18-5-3-4-10-21-18)14(2)24(13)17-8-6-16(20)7-9-17/h3-12H,1-2H3,(H,23,25)/b22-12+. The van der Waals surface area contributed by atoms with Crippen LogP contribution in [0, 0.1) is 17.4 Å². The Kier molecular flexibility index (Phi) is 5.28. The number of nitrogens with one attached hydrogen (secondary N) is 1. The van der Waals surface area contributed by atoms with E-state index in [1.165, 1.54) is 3.57 Å². The molecule has 1 aromatic carbocycles. The van der Waals surface area contributed by atoms with Crippen LogP contribution in [0.5, 0.6) is 0 Å². The molecule has 0 unspecified atom stereocenters. The fourth-order valence-corrected chi connectivity index (χ4v) is 2.98. The first-order chi connectivity index (χ1) is 12.1. The normalized spacial score (nSPS) is 11.0. The molecule has 6 heteroatoms. The highest BCUT2D eigenvalue weighted by Gasteiger charge is 2.10. The summed E-state index contributed by atoms with van der Waals surface area (Å²) in [5.74, 6) is -0.330. The average Bonchev–Trinajstić information content (AvgIpc) is 2.90. The molecule has 0 fully saturated rings. The van der Waals surface area contributed by atoms with E-state index in [1.54, 1.807) is 30.6 Å². The van der Waals surface area contributed by atoms with Crippen molar-refractivity contribution in [1.29, 1.82) is 0 Å². The van der Waals surface area contributed by atoms with E-state index < -0.39 is 0 Å². The number of carbonyl (C=O) groups is 1. The minimum Gasteiger partial charge on any atom is -0.318 e. The lowest BCUT2D eigenvalue weighted by molar-refractivity contribution is 0.0950. The largest absolute Gasteiger partial charge is 0.318 e. The Morgan fingerprint density at radius 2 is 1.96 bits per heavy atom. The number of hydrazone groups is 1. The second-order valence-electron chi connectivity index (χ2n) is 5.55. The van der Waals surface area contributed by atoms with Gasteiger partial charge >= 0.3 is 0 Å². The number of hydrogen-bond acceptors (Lipinski definition) is 3. The maximum atomic E-state index is 12.0. The van der Waals surface area contributed by atoms with E-state index in [4.69, 9.17) is 0 Å². The van der Waals surface area contributed by atoms with Crippen LogP contribution in [-0.4, -0.2) is 21.7 Å². The molecule has 1 N–H and O–H groups in total. The van der Waals surface area contributed by atoms with E-state index in [0.717, 1.165) is 22.6 Å². The maximum Gasteiger partial charge on any atom is 0.289 e. The lowest BCUT2D eigenvalue weighted by Gasteiger charge is -2.09. The zero-order valence-electron chi connectivity index (χ0n) is 13.9. The SMILES string of the molecule is Cc1cc(/C=N/NC(=O)c2ccccn2)c(C)n1-c1ccc(I)cc1. The van der Waals surface area contributed by atoms with Crippen molar-refractivity contribution in [1.82, 2.24) is 15.0 Å². The molecule has 2 heterocycles. The molecule has 0 aliphatic carbocycles. The van der Waals surface area contributed by atoms with Crippen molar-refractivity contribution in [2.24, 2.45) is 5.10 Å². The van der Waals surface area contributed by atoms with Crippen molar-refractivity contribution >= 4 is 34.7 Å². The molecule has 1 amide bonds. The third kappa shape index (κ3) is 3.96. The van der Waals surface area contributed by atoms with Crippen LogP contribution in [-0.2, 0) is 0 Å². The first-order valence-corrected chi connectivity index (χ1v) is 8.83. The summed E-state index contributed by atoms with van der Waals surface area (Å²) in [6, 6.07) is 15.6. The number of hydrogen-bond donors (Lipinski definition) is 1. The molecule has 5 nitrogen and oxygen atoms in total. The second kappa shape index (κ2) is 7.60.